The summed E-state index contributed by atoms with van der Waals surface area (Å²) in [5, 5.41) is 9.91. The van der Waals surface area contributed by atoms with Crippen LogP contribution in [0.5, 0.6) is 0 Å². The van der Waals surface area contributed by atoms with Gasteiger partial charge in [-0.1, -0.05) is 23.7 Å². The largest absolute Gasteiger partial charge is 0.394 e. The fourth-order valence-electron chi connectivity index (χ4n) is 1.40. The maximum Gasteiger partial charge on any atom is 0.246 e. The average Bonchev–Trinajstić information content (AvgIpc) is 2.38. The number of rotatable bonds is 4. The van der Waals surface area contributed by atoms with Gasteiger partial charge in [-0.05, 0) is 44.0 Å². The Labute approximate surface area is 119 Å². The van der Waals surface area contributed by atoms with Gasteiger partial charge in [0.05, 0.1) is 12.1 Å². The Bertz CT molecular complexity index is 495. The molecule has 1 N–H and O–H groups in total. The first kappa shape index (κ1) is 15.7. The Hall–Kier alpha value is -1.32. The van der Waals surface area contributed by atoms with E-state index in [4.69, 9.17) is 11.6 Å². The number of amides is 1. The van der Waals surface area contributed by atoms with Crippen LogP contribution in [0.2, 0.25) is 5.02 Å². The Morgan fingerprint density at radius 1 is 1.47 bits per heavy atom. The minimum atomic E-state index is -0.577. The van der Waals surface area contributed by atoms with E-state index in [-0.39, 0.29) is 12.5 Å². The van der Waals surface area contributed by atoms with Crippen molar-refractivity contribution in [2.75, 3.05) is 13.7 Å². The van der Waals surface area contributed by atoms with Crippen molar-refractivity contribution in [1.29, 1.82) is 0 Å². The molecule has 104 valence electrons. The number of aliphatic hydroxyl groups excluding tert-OH is 1. The van der Waals surface area contributed by atoms with Crippen molar-refractivity contribution >= 4 is 23.6 Å². The van der Waals surface area contributed by atoms with Crippen LogP contribution in [-0.4, -0.2) is 35.1 Å². The maximum absolute atomic E-state index is 12.0. The van der Waals surface area contributed by atoms with E-state index in [1.807, 2.05) is 39.0 Å². The normalized spacial score (nSPS) is 11.9. The van der Waals surface area contributed by atoms with Crippen LogP contribution >= 0.6 is 11.6 Å². The first-order chi connectivity index (χ1) is 8.77. The fraction of sp³-hybridized carbons (Fsp3) is 0.400. The zero-order chi connectivity index (χ0) is 14.6. The van der Waals surface area contributed by atoms with Gasteiger partial charge in [0.1, 0.15) is 0 Å². The molecular formula is C15H20ClNO2. The van der Waals surface area contributed by atoms with Crippen molar-refractivity contribution in [3.63, 3.8) is 0 Å². The number of likely N-dealkylation sites (N-methyl/N-ethyl adjacent to an activating group) is 1. The van der Waals surface area contributed by atoms with Crippen LogP contribution < -0.4 is 0 Å². The van der Waals surface area contributed by atoms with Crippen LogP contribution in [0.1, 0.15) is 25.0 Å². The number of carbonyl (C=O) groups is 1. The van der Waals surface area contributed by atoms with Gasteiger partial charge in [-0.15, -0.1) is 0 Å². The van der Waals surface area contributed by atoms with Gasteiger partial charge in [-0.2, -0.15) is 0 Å². The smallest absolute Gasteiger partial charge is 0.246 e. The molecule has 0 aliphatic heterocycles. The number of nitrogens with zero attached hydrogens (tertiary/aromatic N) is 1. The van der Waals surface area contributed by atoms with Crippen molar-refractivity contribution in [3.05, 3.63) is 40.4 Å². The highest BCUT2D eigenvalue weighted by atomic mass is 35.5. The van der Waals surface area contributed by atoms with Gasteiger partial charge in [0.25, 0.3) is 0 Å². The molecule has 0 heterocycles. The Morgan fingerprint density at radius 2 is 2.11 bits per heavy atom. The third-order valence-corrected chi connectivity index (χ3v) is 3.65. The van der Waals surface area contributed by atoms with E-state index in [2.05, 4.69) is 0 Å². The first-order valence-electron chi connectivity index (χ1n) is 6.11. The molecule has 0 spiro atoms. The quantitative estimate of drug-likeness (QED) is 0.862. The lowest BCUT2D eigenvalue weighted by atomic mass is 10.1. The summed E-state index contributed by atoms with van der Waals surface area (Å²) in [6.07, 6.45) is 3.20. The third kappa shape index (κ3) is 4.08. The van der Waals surface area contributed by atoms with Crippen LogP contribution in [0, 0.1) is 6.92 Å². The minimum Gasteiger partial charge on any atom is -0.394 e. The SMILES string of the molecule is Cc1ccc(/C=C/C(=O)N(C)C(C)(C)CO)cc1Cl. The van der Waals surface area contributed by atoms with Crippen LogP contribution in [0.4, 0.5) is 0 Å². The molecule has 0 fully saturated rings. The zero-order valence-corrected chi connectivity index (χ0v) is 12.5. The lowest BCUT2D eigenvalue weighted by molar-refractivity contribution is -0.130. The van der Waals surface area contributed by atoms with E-state index in [0.717, 1.165) is 11.1 Å². The van der Waals surface area contributed by atoms with Crippen molar-refractivity contribution in [3.8, 4) is 0 Å². The summed E-state index contributed by atoms with van der Waals surface area (Å²) in [6, 6.07) is 5.63. The van der Waals surface area contributed by atoms with E-state index in [1.165, 1.54) is 11.0 Å². The molecule has 0 aliphatic rings. The Morgan fingerprint density at radius 3 is 2.63 bits per heavy atom. The van der Waals surface area contributed by atoms with E-state index >= 15 is 0 Å². The molecule has 1 aromatic rings. The molecule has 0 aromatic heterocycles. The molecule has 1 amide bonds. The molecule has 19 heavy (non-hydrogen) atoms. The van der Waals surface area contributed by atoms with Crippen molar-refractivity contribution < 1.29 is 9.90 Å². The van der Waals surface area contributed by atoms with E-state index < -0.39 is 5.54 Å². The molecule has 0 radical (unpaired) electrons. The number of hydrogen-bond acceptors (Lipinski definition) is 2. The van der Waals surface area contributed by atoms with Crippen LogP contribution in [-0.2, 0) is 4.79 Å². The summed E-state index contributed by atoms with van der Waals surface area (Å²) >= 11 is 6.02. The Kier molecular flexibility index (Phi) is 5.15. The molecule has 0 aliphatic carbocycles. The van der Waals surface area contributed by atoms with Crippen molar-refractivity contribution in [2.45, 2.75) is 26.3 Å². The number of aryl methyl sites for hydroxylation is 1. The average molecular weight is 282 g/mol. The van der Waals surface area contributed by atoms with Crippen molar-refractivity contribution in [1.82, 2.24) is 4.90 Å². The van der Waals surface area contributed by atoms with Gasteiger partial charge in [0.2, 0.25) is 5.91 Å². The maximum atomic E-state index is 12.0. The van der Waals surface area contributed by atoms with Gasteiger partial charge >= 0.3 is 0 Å². The van der Waals surface area contributed by atoms with E-state index in [0.29, 0.717) is 5.02 Å². The topological polar surface area (TPSA) is 40.5 Å². The summed E-state index contributed by atoms with van der Waals surface area (Å²) in [7, 11) is 1.67. The van der Waals surface area contributed by atoms with Crippen molar-refractivity contribution in [2.24, 2.45) is 0 Å². The molecule has 0 unspecified atom stereocenters. The molecule has 4 heteroatoms. The van der Waals surface area contributed by atoms with Gasteiger partial charge in [0, 0.05) is 18.1 Å². The predicted octanol–water partition coefficient (Wildman–Crippen LogP) is 2.89. The monoisotopic (exact) mass is 281 g/mol. The summed E-state index contributed by atoms with van der Waals surface area (Å²) in [5.41, 5.74) is 1.30. The predicted molar refractivity (Wildman–Crippen MR) is 79.2 cm³/mol. The molecule has 0 bridgehead atoms. The summed E-state index contributed by atoms with van der Waals surface area (Å²) in [4.78, 5) is 13.5. The van der Waals surface area contributed by atoms with Crippen LogP contribution in [0.15, 0.2) is 24.3 Å². The van der Waals surface area contributed by atoms with Gasteiger partial charge in [-0.25, -0.2) is 0 Å². The third-order valence-electron chi connectivity index (χ3n) is 3.24. The summed E-state index contributed by atoms with van der Waals surface area (Å²) in [5.74, 6) is -0.157. The molecule has 3 nitrogen and oxygen atoms in total. The number of aliphatic hydroxyl groups is 1. The molecule has 0 saturated heterocycles. The van der Waals surface area contributed by atoms with Gasteiger partial charge in [0.15, 0.2) is 0 Å². The second kappa shape index (κ2) is 6.22. The standard InChI is InChI=1S/C15H20ClNO2/c1-11-5-6-12(9-13(11)16)7-8-14(19)17(4)15(2,3)10-18/h5-9,18H,10H2,1-4H3/b8-7+. The molecule has 0 saturated carbocycles. The number of carbonyl (C=O) groups excluding carboxylic acids is 1. The lowest BCUT2D eigenvalue weighted by Gasteiger charge is -2.33. The molecular weight excluding hydrogens is 262 g/mol. The molecule has 1 rings (SSSR count). The highest BCUT2D eigenvalue weighted by molar-refractivity contribution is 6.31. The fourth-order valence-corrected chi connectivity index (χ4v) is 1.59. The molecule has 0 atom stereocenters. The first-order valence-corrected chi connectivity index (χ1v) is 6.48. The van der Waals surface area contributed by atoms with Gasteiger partial charge < -0.3 is 10.0 Å². The highest BCUT2D eigenvalue weighted by Gasteiger charge is 2.25. The minimum absolute atomic E-state index is 0.0839. The zero-order valence-electron chi connectivity index (χ0n) is 11.8. The Balaban J connectivity index is 2.81. The number of halogens is 1. The van der Waals surface area contributed by atoms with E-state index in [9.17, 15) is 9.90 Å². The summed E-state index contributed by atoms with van der Waals surface area (Å²) in [6.45, 7) is 5.46. The number of hydrogen-bond donors (Lipinski definition) is 1. The van der Waals surface area contributed by atoms with Crippen LogP contribution in [0.25, 0.3) is 6.08 Å². The van der Waals surface area contributed by atoms with E-state index in [1.54, 1.807) is 13.1 Å². The lowest BCUT2D eigenvalue weighted by Crippen LogP contribution is -2.47. The second-order valence-electron chi connectivity index (χ2n) is 5.21. The van der Waals surface area contributed by atoms with Crippen LogP contribution in [0.3, 0.4) is 0 Å². The molecule has 1 aromatic carbocycles. The number of benzene rings is 1. The second-order valence-corrected chi connectivity index (χ2v) is 5.62. The highest BCUT2D eigenvalue weighted by Crippen LogP contribution is 2.18. The van der Waals surface area contributed by atoms with Gasteiger partial charge in [-0.3, -0.25) is 4.79 Å². The summed E-state index contributed by atoms with van der Waals surface area (Å²) < 4.78 is 0.